The molecule has 0 fully saturated rings. The molecule has 9 heteroatoms. The van der Waals surface area contributed by atoms with Crippen molar-refractivity contribution in [3.05, 3.63) is 65.5 Å². The van der Waals surface area contributed by atoms with Gasteiger partial charge in [0, 0.05) is 5.56 Å². The third kappa shape index (κ3) is 3.72. The van der Waals surface area contributed by atoms with Gasteiger partial charge in [-0.3, -0.25) is 0 Å². The summed E-state index contributed by atoms with van der Waals surface area (Å²) in [5.74, 6) is -10.1. The molecule has 152 valence electrons. The van der Waals surface area contributed by atoms with Crippen molar-refractivity contribution in [2.24, 2.45) is 0 Å². The molecular formula is C20H14F5O3P. The minimum Gasteiger partial charge on any atom is -0.507 e. The van der Waals surface area contributed by atoms with Gasteiger partial charge in [0.05, 0.1) is 25.1 Å². The Labute approximate surface area is 164 Å². The van der Waals surface area contributed by atoms with Crippen LogP contribution in [-0.2, 0) is 0 Å². The number of phenolic OH excluding ortho intramolecular Hbond substituents is 1. The molecule has 1 N–H and O–H groups in total. The van der Waals surface area contributed by atoms with Crippen molar-refractivity contribution in [1.29, 1.82) is 0 Å². The van der Waals surface area contributed by atoms with E-state index in [1.807, 2.05) is 0 Å². The highest BCUT2D eigenvalue weighted by Gasteiger charge is 2.28. The fourth-order valence-electron chi connectivity index (χ4n) is 2.77. The molecule has 0 saturated carbocycles. The predicted molar refractivity (Wildman–Crippen MR) is 100 cm³/mol. The van der Waals surface area contributed by atoms with E-state index < -0.39 is 46.0 Å². The Morgan fingerprint density at radius 1 is 0.759 bits per heavy atom. The largest absolute Gasteiger partial charge is 0.507 e. The minimum atomic E-state index is -2.26. The van der Waals surface area contributed by atoms with Crippen molar-refractivity contribution in [1.82, 2.24) is 0 Å². The van der Waals surface area contributed by atoms with Gasteiger partial charge in [0.25, 0.3) is 0 Å². The normalized spacial score (nSPS) is 11.3. The smallest absolute Gasteiger partial charge is 0.200 e. The van der Waals surface area contributed by atoms with E-state index in [0.29, 0.717) is 22.1 Å². The molecular weight excluding hydrogens is 414 g/mol. The van der Waals surface area contributed by atoms with Gasteiger partial charge in [-0.1, -0.05) is 20.7 Å². The molecule has 0 amide bonds. The van der Waals surface area contributed by atoms with Crippen LogP contribution >= 0.6 is 8.58 Å². The van der Waals surface area contributed by atoms with Crippen LogP contribution in [0.25, 0.3) is 11.1 Å². The molecule has 1 unspecified atom stereocenters. The molecule has 0 aliphatic rings. The fourth-order valence-corrected chi connectivity index (χ4v) is 4.06. The van der Waals surface area contributed by atoms with Gasteiger partial charge in [-0.05, 0) is 29.6 Å². The van der Waals surface area contributed by atoms with Gasteiger partial charge in [0.15, 0.2) is 23.3 Å². The summed E-state index contributed by atoms with van der Waals surface area (Å²) in [6.07, 6.45) is 0. The highest BCUT2D eigenvalue weighted by molar-refractivity contribution is 7.56. The van der Waals surface area contributed by atoms with Crippen molar-refractivity contribution < 1.29 is 36.5 Å². The first-order chi connectivity index (χ1) is 13.8. The molecule has 0 spiro atoms. The molecule has 0 bridgehead atoms. The van der Waals surface area contributed by atoms with Crippen LogP contribution in [0.1, 0.15) is 0 Å². The lowest BCUT2D eigenvalue weighted by Crippen LogP contribution is -2.11. The number of methoxy groups -OCH3 is 2. The zero-order chi connectivity index (χ0) is 21.3. The first-order valence-electron chi connectivity index (χ1n) is 8.13. The van der Waals surface area contributed by atoms with E-state index >= 15 is 0 Å². The highest BCUT2D eigenvalue weighted by atomic mass is 31.1. The van der Waals surface area contributed by atoms with Crippen molar-refractivity contribution in [3.8, 4) is 28.4 Å². The Balaban J connectivity index is 2.15. The fraction of sp³-hybridized carbons (Fsp3) is 0.100. The number of phenols is 1. The van der Waals surface area contributed by atoms with Crippen molar-refractivity contribution in [3.63, 3.8) is 0 Å². The first kappa shape index (κ1) is 20.9. The van der Waals surface area contributed by atoms with Gasteiger partial charge in [-0.15, -0.1) is 0 Å². The van der Waals surface area contributed by atoms with Gasteiger partial charge >= 0.3 is 0 Å². The second-order valence-electron chi connectivity index (χ2n) is 5.84. The van der Waals surface area contributed by atoms with Gasteiger partial charge in [-0.2, -0.15) is 0 Å². The van der Waals surface area contributed by atoms with Crippen LogP contribution in [0.4, 0.5) is 22.0 Å². The third-order valence-corrected chi connectivity index (χ3v) is 5.52. The lowest BCUT2D eigenvalue weighted by molar-refractivity contribution is 0.380. The number of hydrogen-bond acceptors (Lipinski definition) is 3. The number of hydrogen-bond donors (Lipinski definition) is 1. The minimum absolute atomic E-state index is 0.156. The maximum Gasteiger partial charge on any atom is 0.200 e. The molecule has 3 nitrogen and oxygen atoms in total. The molecule has 0 aliphatic carbocycles. The Morgan fingerprint density at radius 3 is 1.79 bits per heavy atom. The zero-order valence-electron chi connectivity index (χ0n) is 15.1. The number of benzene rings is 3. The van der Waals surface area contributed by atoms with E-state index in [2.05, 4.69) is 0 Å². The SMILES string of the molecule is COc1cccc(OC)c1Pc1ccc(O)c(-c2c(F)c(F)c(F)c(F)c2F)c1. The van der Waals surface area contributed by atoms with E-state index in [-0.39, 0.29) is 8.58 Å². The van der Waals surface area contributed by atoms with Crippen molar-refractivity contribution in [2.45, 2.75) is 0 Å². The highest BCUT2D eigenvalue weighted by Crippen LogP contribution is 2.37. The number of rotatable bonds is 5. The Hall–Kier alpha value is -2.86. The Bertz CT molecular complexity index is 1040. The zero-order valence-corrected chi connectivity index (χ0v) is 16.1. The topological polar surface area (TPSA) is 38.7 Å². The van der Waals surface area contributed by atoms with Gasteiger partial charge in [0.1, 0.15) is 17.2 Å². The van der Waals surface area contributed by atoms with Gasteiger partial charge in [0.2, 0.25) is 5.82 Å². The van der Waals surface area contributed by atoms with Crippen LogP contribution in [0.5, 0.6) is 17.2 Å². The second kappa shape index (κ2) is 8.25. The first-order valence-corrected chi connectivity index (χ1v) is 9.13. The lowest BCUT2D eigenvalue weighted by atomic mass is 10.0. The molecule has 0 aliphatic heterocycles. The summed E-state index contributed by atoms with van der Waals surface area (Å²) in [6, 6.07) is 8.85. The second-order valence-corrected chi connectivity index (χ2v) is 7.17. The molecule has 0 radical (unpaired) electrons. The number of halogens is 5. The number of aromatic hydroxyl groups is 1. The van der Waals surface area contributed by atoms with Gasteiger partial charge in [-0.25, -0.2) is 22.0 Å². The maximum absolute atomic E-state index is 14.2. The Morgan fingerprint density at radius 2 is 1.28 bits per heavy atom. The molecule has 0 aromatic heterocycles. The van der Waals surface area contributed by atoms with Crippen LogP contribution < -0.4 is 20.1 Å². The third-order valence-electron chi connectivity index (χ3n) is 4.17. The molecule has 3 aromatic rings. The lowest BCUT2D eigenvalue weighted by Gasteiger charge is -2.15. The van der Waals surface area contributed by atoms with Gasteiger partial charge < -0.3 is 14.6 Å². The van der Waals surface area contributed by atoms with E-state index in [1.165, 1.54) is 20.3 Å². The summed E-state index contributed by atoms with van der Waals surface area (Å²) < 4.78 is 79.5. The summed E-state index contributed by atoms with van der Waals surface area (Å²) in [6.45, 7) is 0. The summed E-state index contributed by atoms with van der Waals surface area (Å²) in [4.78, 5) is 0. The van der Waals surface area contributed by atoms with Crippen molar-refractivity contribution in [2.75, 3.05) is 14.2 Å². The molecule has 0 heterocycles. The summed E-state index contributed by atoms with van der Waals surface area (Å²) >= 11 is 0. The summed E-state index contributed by atoms with van der Waals surface area (Å²) in [5.41, 5.74) is -1.71. The average molecular weight is 428 g/mol. The van der Waals surface area contributed by atoms with E-state index in [4.69, 9.17) is 9.47 Å². The maximum atomic E-state index is 14.2. The molecule has 1 atom stereocenters. The summed E-state index contributed by atoms with van der Waals surface area (Å²) in [5, 5.41) is 11.1. The van der Waals surface area contributed by atoms with E-state index in [9.17, 15) is 27.1 Å². The molecule has 0 saturated heterocycles. The molecule has 3 aromatic carbocycles. The number of ether oxygens (including phenoxy) is 2. The average Bonchev–Trinajstić information content (AvgIpc) is 2.73. The van der Waals surface area contributed by atoms with Crippen LogP contribution in [0.3, 0.4) is 0 Å². The standard InChI is InChI=1S/C20H14F5O3P/c1-27-12-4-3-5-13(28-2)20(12)29-9-6-7-11(26)10(8-9)14-15(21)17(23)19(25)18(24)16(14)22/h3-8,26,29H,1-2H3. The quantitative estimate of drug-likeness (QED) is 0.283. The van der Waals surface area contributed by atoms with Crippen LogP contribution in [0, 0.1) is 29.1 Å². The van der Waals surface area contributed by atoms with Crippen LogP contribution in [-0.4, -0.2) is 19.3 Å². The Kier molecular flexibility index (Phi) is 5.94. The molecule has 29 heavy (non-hydrogen) atoms. The van der Waals surface area contributed by atoms with E-state index in [1.54, 1.807) is 18.2 Å². The monoisotopic (exact) mass is 428 g/mol. The van der Waals surface area contributed by atoms with E-state index in [0.717, 1.165) is 12.1 Å². The van der Waals surface area contributed by atoms with Crippen molar-refractivity contribution >= 4 is 19.2 Å². The predicted octanol–water partition coefficient (Wildman–Crippen LogP) is 4.40. The summed E-state index contributed by atoms with van der Waals surface area (Å²) in [7, 11) is 2.76. The molecule has 3 rings (SSSR count). The van der Waals surface area contributed by atoms with Crippen LogP contribution in [0.15, 0.2) is 36.4 Å². The van der Waals surface area contributed by atoms with Crippen LogP contribution in [0.2, 0.25) is 0 Å².